The molecule has 6 nitrogen and oxygen atoms in total. The van der Waals surface area contributed by atoms with Crippen LogP contribution in [0.4, 0.5) is 0 Å². The molecular weight excluding hydrogens is 242 g/mol. The van der Waals surface area contributed by atoms with Crippen LogP contribution in [-0.2, 0) is 19.6 Å². The average molecular weight is 261 g/mol. The number of hydrogen-bond acceptors (Lipinski definition) is 3. The Morgan fingerprint density at radius 2 is 2.05 bits per heavy atom. The summed E-state index contributed by atoms with van der Waals surface area (Å²) in [6, 6.07) is 0. The molecule has 1 amide bonds. The molecule has 2 aromatic rings. The maximum Gasteiger partial charge on any atom is 0.254 e. The minimum Gasteiger partial charge on any atom is -0.348 e. The molecule has 0 aliphatic rings. The van der Waals surface area contributed by atoms with E-state index in [4.69, 9.17) is 0 Å². The van der Waals surface area contributed by atoms with Crippen LogP contribution in [0.3, 0.4) is 0 Å². The number of carbonyl (C=O) groups excluding carboxylic acids is 1. The van der Waals surface area contributed by atoms with Crippen LogP contribution in [0, 0.1) is 6.92 Å². The summed E-state index contributed by atoms with van der Waals surface area (Å²) < 4.78 is 3.64. The first kappa shape index (κ1) is 13.3. The van der Waals surface area contributed by atoms with Crippen molar-refractivity contribution in [1.29, 1.82) is 0 Å². The zero-order valence-electron chi connectivity index (χ0n) is 11.6. The Balaban J connectivity index is 1.98. The van der Waals surface area contributed by atoms with Gasteiger partial charge in [-0.2, -0.15) is 10.2 Å². The zero-order chi connectivity index (χ0) is 13.8. The van der Waals surface area contributed by atoms with E-state index in [0.29, 0.717) is 12.1 Å². The van der Waals surface area contributed by atoms with Crippen LogP contribution in [0.25, 0.3) is 0 Å². The molecule has 102 valence electrons. The van der Waals surface area contributed by atoms with Gasteiger partial charge in [-0.3, -0.25) is 14.2 Å². The Kier molecular flexibility index (Phi) is 3.99. The first-order valence-electron chi connectivity index (χ1n) is 6.47. The molecule has 2 rings (SSSR count). The molecule has 0 saturated heterocycles. The molecule has 6 heteroatoms. The van der Waals surface area contributed by atoms with Crippen LogP contribution in [0.15, 0.2) is 18.6 Å². The Morgan fingerprint density at radius 3 is 2.63 bits per heavy atom. The quantitative estimate of drug-likeness (QED) is 0.883. The molecule has 19 heavy (non-hydrogen) atoms. The Hall–Kier alpha value is -2.11. The Morgan fingerprint density at radius 1 is 1.26 bits per heavy atom. The van der Waals surface area contributed by atoms with Crippen molar-refractivity contribution in [2.75, 3.05) is 0 Å². The first-order valence-corrected chi connectivity index (χ1v) is 6.47. The van der Waals surface area contributed by atoms with Gasteiger partial charge in [0.1, 0.15) is 0 Å². The maximum absolute atomic E-state index is 11.9. The van der Waals surface area contributed by atoms with Crippen molar-refractivity contribution in [3.8, 4) is 0 Å². The van der Waals surface area contributed by atoms with Crippen LogP contribution < -0.4 is 5.32 Å². The van der Waals surface area contributed by atoms with Crippen molar-refractivity contribution >= 4 is 5.91 Å². The molecule has 0 fully saturated rings. The molecule has 0 unspecified atom stereocenters. The number of hydrogen-bond donors (Lipinski definition) is 1. The Bertz CT molecular complexity index is 569. The third-order valence-electron chi connectivity index (χ3n) is 3.16. The standard InChI is InChI=1S/C13H19N5O/c1-4-17-9-12(8-15-17)13(19)14-6-11-7-16-18(5-2)10(11)3/h7-9H,4-6H2,1-3H3,(H,14,19). The average Bonchev–Trinajstić information content (AvgIpc) is 3.03. The van der Waals surface area contributed by atoms with Crippen molar-refractivity contribution in [3.63, 3.8) is 0 Å². The van der Waals surface area contributed by atoms with Crippen molar-refractivity contribution in [2.24, 2.45) is 0 Å². The molecule has 0 aromatic carbocycles. The fourth-order valence-electron chi connectivity index (χ4n) is 1.91. The second-order valence-corrected chi connectivity index (χ2v) is 4.34. The highest BCUT2D eigenvalue weighted by Crippen LogP contribution is 2.07. The van der Waals surface area contributed by atoms with E-state index in [9.17, 15) is 4.79 Å². The normalized spacial score (nSPS) is 10.7. The van der Waals surface area contributed by atoms with Crippen LogP contribution in [-0.4, -0.2) is 25.5 Å². The fourth-order valence-corrected chi connectivity index (χ4v) is 1.91. The van der Waals surface area contributed by atoms with Crippen LogP contribution in [0.1, 0.15) is 35.5 Å². The third kappa shape index (κ3) is 2.83. The molecule has 0 aliphatic heterocycles. The number of rotatable bonds is 5. The van der Waals surface area contributed by atoms with Gasteiger partial charge in [0.05, 0.1) is 18.0 Å². The van der Waals surface area contributed by atoms with Crippen molar-refractivity contribution < 1.29 is 4.79 Å². The predicted molar refractivity (Wildman–Crippen MR) is 71.7 cm³/mol. The van der Waals surface area contributed by atoms with Crippen LogP contribution in [0.2, 0.25) is 0 Å². The lowest BCUT2D eigenvalue weighted by Crippen LogP contribution is -2.22. The summed E-state index contributed by atoms with van der Waals surface area (Å²) in [5.74, 6) is -0.108. The molecule has 2 aromatic heterocycles. The summed E-state index contributed by atoms with van der Waals surface area (Å²) in [6.45, 7) is 8.12. The van der Waals surface area contributed by atoms with Gasteiger partial charge in [0.15, 0.2) is 0 Å². The largest absolute Gasteiger partial charge is 0.348 e. The smallest absolute Gasteiger partial charge is 0.254 e. The van der Waals surface area contributed by atoms with Gasteiger partial charge < -0.3 is 5.32 Å². The van der Waals surface area contributed by atoms with E-state index in [0.717, 1.165) is 24.3 Å². The number of carbonyl (C=O) groups is 1. The van der Waals surface area contributed by atoms with Gasteiger partial charge in [-0.15, -0.1) is 0 Å². The van der Waals surface area contributed by atoms with Crippen LogP contribution in [0.5, 0.6) is 0 Å². The van der Waals surface area contributed by atoms with E-state index in [1.165, 1.54) is 0 Å². The lowest BCUT2D eigenvalue weighted by molar-refractivity contribution is 0.0951. The van der Waals surface area contributed by atoms with Gasteiger partial charge in [-0.05, 0) is 20.8 Å². The number of aromatic nitrogens is 4. The molecule has 0 aliphatic carbocycles. The summed E-state index contributed by atoms with van der Waals surface area (Å²) in [5.41, 5.74) is 2.72. The Labute approximate surface area is 112 Å². The van der Waals surface area contributed by atoms with E-state index >= 15 is 0 Å². The van der Waals surface area contributed by atoms with Gasteiger partial charge >= 0.3 is 0 Å². The first-order chi connectivity index (χ1) is 9.15. The summed E-state index contributed by atoms with van der Waals surface area (Å²) in [7, 11) is 0. The number of nitrogens with one attached hydrogen (secondary N) is 1. The molecular formula is C13H19N5O. The second-order valence-electron chi connectivity index (χ2n) is 4.34. The highest BCUT2D eigenvalue weighted by molar-refractivity contribution is 5.93. The number of aryl methyl sites for hydroxylation is 2. The monoisotopic (exact) mass is 261 g/mol. The van der Waals surface area contributed by atoms with Gasteiger partial charge in [0.25, 0.3) is 5.91 Å². The lowest BCUT2D eigenvalue weighted by atomic mass is 10.2. The molecule has 1 N–H and O–H groups in total. The van der Waals surface area contributed by atoms with Crippen molar-refractivity contribution in [2.45, 2.75) is 40.4 Å². The predicted octanol–water partition coefficient (Wildman–Crippen LogP) is 1.36. The van der Waals surface area contributed by atoms with E-state index in [-0.39, 0.29) is 5.91 Å². The van der Waals surface area contributed by atoms with E-state index in [1.54, 1.807) is 23.3 Å². The third-order valence-corrected chi connectivity index (χ3v) is 3.16. The second kappa shape index (κ2) is 5.69. The van der Waals surface area contributed by atoms with E-state index in [1.807, 2.05) is 25.5 Å². The molecule has 0 spiro atoms. The maximum atomic E-state index is 11.9. The molecule has 0 bridgehead atoms. The number of nitrogens with zero attached hydrogens (tertiary/aromatic N) is 4. The highest BCUT2D eigenvalue weighted by Gasteiger charge is 2.10. The molecule has 2 heterocycles. The minimum atomic E-state index is -0.108. The highest BCUT2D eigenvalue weighted by atomic mass is 16.1. The van der Waals surface area contributed by atoms with Crippen molar-refractivity contribution in [3.05, 3.63) is 35.4 Å². The summed E-state index contributed by atoms with van der Waals surface area (Å²) in [6.07, 6.45) is 5.13. The van der Waals surface area contributed by atoms with Gasteiger partial charge in [-0.1, -0.05) is 0 Å². The molecule has 0 radical (unpaired) electrons. The summed E-state index contributed by atoms with van der Waals surface area (Å²) in [4.78, 5) is 11.9. The number of amides is 1. The van der Waals surface area contributed by atoms with Gasteiger partial charge in [0, 0.05) is 37.1 Å². The molecule has 0 atom stereocenters. The zero-order valence-corrected chi connectivity index (χ0v) is 11.6. The fraction of sp³-hybridized carbons (Fsp3) is 0.462. The minimum absolute atomic E-state index is 0.108. The SMILES string of the molecule is CCn1cc(C(=O)NCc2cnn(CC)c2C)cn1. The van der Waals surface area contributed by atoms with E-state index in [2.05, 4.69) is 15.5 Å². The van der Waals surface area contributed by atoms with Gasteiger partial charge in [-0.25, -0.2) is 0 Å². The summed E-state index contributed by atoms with van der Waals surface area (Å²) >= 11 is 0. The lowest BCUT2D eigenvalue weighted by Gasteiger charge is -2.04. The van der Waals surface area contributed by atoms with E-state index < -0.39 is 0 Å². The van der Waals surface area contributed by atoms with Crippen LogP contribution >= 0.6 is 0 Å². The molecule has 0 saturated carbocycles. The summed E-state index contributed by atoms with van der Waals surface area (Å²) in [5, 5.41) is 11.2. The van der Waals surface area contributed by atoms with Crippen molar-refractivity contribution in [1.82, 2.24) is 24.9 Å². The topological polar surface area (TPSA) is 64.7 Å². The van der Waals surface area contributed by atoms with Gasteiger partial charge in [0.2, 0.25) is 0 Å².